The number of hydrogen-bond acceptors (Lipinski definition) is 3. The molecule has 0 aliphatic carbocycles. The second-order valence-corrected chi connectivity index (χ2v) is 8.87. The maximum absolute atomic E-state index is 13.4. The number of aromatic nitrogens is 1. The summed E-state index contributed by atoms with van der Waals surface area (Å²) in [6.45, 7) is 0. The lowest BCUT2D eigenvalue weighted by Gasteiger charge is -2.13. The van der Waals surface area contributed by atoms with Gasteiger partial charge in [0, 0.05) is 31.3 Å². The monoisotopic (exact) mass is 562 g/mol. The molecular formula is C23H14BrCl2FN4O3. The number of rotatable bonds is 4. The fourth-order valence-corrected chi connectivity index (χ4v) is 4.11. The minimum absolute atomic E-state index is 0.0381. The van der Waals surface area contributed by atoms with Crippen LogP contribution in [0.25, 0.3) is 10.9 Å². The van der Waals surface area contributed by atoms with Crippen molar-refractivity contribution in [3.63, 3.8) is 0 Å². The number of halogens is 4. The molecule has 3 N–H and O–H groups in total. The molecule has 0 atom stereocenters. The highest BCUT2D eigenvalue weighted by atomic mass is 79.9. The van der Waals surface area contributed by atoms with Gasteiger partial charge in [-0.25, -0.2) is 9.07 Å². The van der Waals surface area contributed by atoms with E-state index in [1.54, 1.807) is 24.3 Å². The second kappa shape index (κ2) is 9.84. The van der Waals surface area contributed by atoms with Crippen molar-refractivity contribution in [3.05, 3.63) is 92.8 Å². The largest absolute Gasteiger partial charge is 0.328 e. The molecule has 0 saturated heterocycles. The van der Waals surface area contributed by atoms with Crippen LogP contribution < -0.4 is 16.1 Å². The van der Waals surface area contributed by atoms with Crippen LogP contribution in [0.3, 0.4) is 0 Å². The van der Waals surface area contributed by atoms with E-state index in [0.29, 0.717) is 26.6 Å². The fraction of sp³-hybridized carbons (Fsp3) is 0. The van der Waals surface area contributed by atoms with E-state index in [2.05, 4.69) is 32.0 Å². The number of carbonyl (C=O) groups is 3. The van der Waals surface area contributed by atoms with E-state index in [1.807, 2.05) is 0 Å². The van der Waals surface area contributed by atoms with Crippen molar-refractivity contribution in [1.82, 2.24) is 4.68 Å². The van der Waals surface area contributed by atoms with Gasteiger partial charge in [0.15, 0.2) is 0 Å². The van der Waals surface area contributed by atoms with Crippen molar-refractivity contribution >= 4 is 79.1 Å². The van der Waals surface area contributed by atoms with Crippen LogP contribution in [-0.4, -0.2) is 22.4 Å². The number of fused-ring (bicyclic) bond motifs is 1. The smallest absolute Gasteiger partial charge is 0.321 e. The van der Waals surface area contributed by atoms with Gasteiger partial charge < -0.3 is 10.6 Å². The quantitative estimate of drug-likeness (QED) is 0.274. The number of benzene rings is 3. The molecule has 0 aliphatic rings. The number of nitrogens with zero attached hydrogens (tertiary/aromatic N) is 1. The van der Waals surface area contributed by atoms with Gasteiger partial charge in [0.2, 0.25) is 0 Å². The van der Waals surface area contributed by atoms with E-state index in [9.17, 15) is 18.8 Å². The minimum atomic E-state index is -1.07. The summed E-state index contributed by atoms with van der Waals surface area (Å²) < 4.78 is 15.3. The lowest BCUT2D eigenvalue weighted by atomic mass is 10.2. The molecule has 0 bridgehead atoms. The van der Waals surface area contributed by atoms with Crippen LogP contribution in [0.4, 0.5) is 15.8 Å². The Labute approximate surface area is 210 Å². The first-order valence-corrected chi connectivity index (χ1v) is 11.2. The van der Waals surface area contributed by atoms with Crippen LogP contribution in [0.2, 0.25) is 10.0 Å². The van der Waals surface area contributed by atoms with Gasteiger partial charge >= 0.3 is 11.8 Å². The highest BCUT2D eigenvalue weighted by Gasteiger charge is 2.21. The third kappa shape index (κ3) is 5.39. The van der Waals surface area contributed by atoms with Crippen molar-refractivity contribution in [2.24, 2.45) is 0 Å². The lowest BCUT2D eigenvalue weighted by Crippen LogP contribution is -2.36. The molecule has 4 rings (SSSR count). The molecule has 0 saturated carbocycles. The summed E-state index contributed by atoms with van der Waals surface area (Å²) >= 11 is 15.4. The molecule has 1 aromatic heterocycles. The van der Waals surface area contributed by atoms with Gasteiger partial charge in [-0.15, -0.1) is 0 Å². The van der Waals surface area contributed by atoms with E-state index in [4.69, 9.17) is 23.2 Å². The Kier molecular flexibility index (Phi) is 6.87. The molecule has 7 nitrogen and oxygen atoms in total. The van der Waals surface area contributed by atoms with E-state index in [1.165, 1.54) is 41.1 Å². The Hall–Kier alpha value is -3.40. The standard InChI is InChI=1S/C23H14BrCl2FN4O3/c24-13-4-5-19-12(6-13)7-20(21(32)29-18-9-14(25)8-15(26)10-18)31(19)30-23(34)22(33)28-17-3-1-2-16(27)11-17/h1-11H,(H,28,33)(H,29,32)(H,30,34). The van der Waals surface area contributed by atoms with Crippen molar-refractivity contribution in [3.8, 4) is 0 Å². The van der Waals surface area contributed by atoms with E-state index < -0.39 is 23.5 Å². The Balaban J connectivity index is 1.64. The molecule has 11 heteroatoms. The molecule has 172 valence electrons. The Morgan fingerprint density at radius 1 is 0.824 bits per heavy atom. The molecule has 0 unspecified atom stereocenters. The van der Waals surface area contributed by atoms with Crippen LogP contribution in [0.5, 0.6) is 0 Å². The number of nitrogens with one attached hydrogen (secondary N) is 3. The Morgan fingerprint density at radius 3 is 2.26 bits per heavy atom. The molecule has 4 aromatic rings. The van der Waals surface area contributed by atoms with Gasteiger partial charge in [0.1, 0.15) is 11.5 Å². The summed E-state index contributed by atoms with van der Waals surface area (Å²) in [5, 5.41) is 6.26. The molecule has 0 radical (unpaired) electrons. The average Bonchev–Trinajstić information content (AvgIpc) is 3.10. The zero-order valence-electron chi connectivity index (χ0n) is 17.0. The predicted octanol–water partition coefficient (Wildman–Crippen LogP) is 5.81. The van der Waals surface area contributed by atoms with Gasteiger partial charge in [0.05, 0.1) is 5.52 Å². The molecule has 0 fully saturated rings. The number of amides is 3. The number of carbonyl (C=O) groups excluding carboxylic acids is 3. The average molecular weight is 564 g/mol. The molecule has 3 amide bonds. The first-order valence-electron chi connectivity index (χ1n) is 9.66. The summed E-state index contributed by atoms with van der Waals surface area (Å²) in [5.74, 6) is -3.26. The first kappa shape index (κ1) is 23.7. The van der Waals surface area contributed by atoms with Gasteiger partial charge in [0.25, 0.3) is 5.91 Å². The third-order valence-corrected chi connectivity index (χ3v) is 5.55. The van der Waals surface area contributed by atoms with Gasteiger partial charge in [-0.2, -0.15) is 0 Å². The predicted molar refractivity (Wildman–Crippen MR) is 133 cm³/mol. The maximum Gasteiger partial charge on any atom is 0.328 e. The Morgan fingerprint density at radius 2 is 1.56 bits per heavy atom. The summed E-state index contributed by atoms with van der Waals surface area (Å²) in [5.41, 5.74) is 3.37. The number of hydrogen-bond donors (Lipinski definition) is 3. The topological polar surface area (TPSA) is 92.2 Å². The van der Waals surface area contributed by atoms with Crippen LogP contribution >= 0.6 is 39.1 Å². The molecule has 0 spiro atoms. The summed E-state index contributed by atoms with van der Waals surface area (Å²) in [6.07, 6.45) is 0. The SMILES string of the molecule is O=C(Nc1cccc(F)c1)C(=O)Nn1c(C(=O)Nc2cc(Cl)cc(Cl)c2)cc2cc(Br)ccc21. The van der Waals surface area contributed by atoms with Crippen molar-refractivity contribution in [2.75, 3.05) is 16.1 Å². The second-order valence-electron chi connectivity index (χ2n) is 7.09. The van der Waals surface area contributed by atoms with Crippen molar-refractivity contribution in [2.45, 2.75) is 0 Å². The molecular weight excluding hydrogens is 550 g/mol. The summed E-state index contributed by atoms with van der Waals surface area (Å²) in [6, 6.07) is 16.3. The third-order valence-electron chi connectivity index (χ3n) is 4.62. The van der Waals surface area contributed by atoms with Crippen LogP contribution in [-0.2, 0) is 9.59 Å². The minimum Gasteiger partial charge on any atom is -0.321 e. The normalized spacial score (nSPS) is 10.7. The van der Waals surface area contributed by atoms with E-state index >= 15 is 0 Å². The summed E-state index contributed by atoms with van der Waals surface area (Å²) in [4.78, 5) is 38.1. The zero-order valence-corrected chi connectivity index (χ0v) is 20.1. The number of anilines is 2. The van der Waals surface area contributed by atoms with Gasteiger partial charge in [-0.3, -0.25) is 19.8 Å². The van der Waals surface area contributed by atoms with Gasteiger partial charge in [-0.1, -0.05) is 45.2 Å². The van der Waals surface area contributed by atoms with Crippen molar-refractivity contribution < 1.29 is 18.8 Å². The van der Waals surface area contributed by atoms with E-state index in [-0.39, 0.29) is 11.4 Å². The van der Waals surface area contributed by atoms with E-state index in [0.717, 1.165) is 10.5 Å². The van der Waals surface area contributed by atoms with Gasteiger partial charge in [-0.05, 0) is 60.7 Å². The highest BCUT2D eigenvalue weighted by Crippen LogP contribution is 2.26. The van der Waals surface area contributed by atoms with Crippen LogP contribution in [0.1, 0.15) is 10.5 Å². The van der Waals surface area contributed by atoms with Crippen LogP contribution in [0.15, 0.2) is 71.2 Å². The summed E-state index contributed by atoms with van der Waals surface area (Å²) in [7, 11) is 0. The Bertz CT molecular complexity index is 1440. The first-order chi connectivity index (χ1) is 16.2. The zero-order chi connectivity index (χ0) is 24.4. The molecule has 34 heavy (non-hydrogen) atoms. The molecule has 1 heterocycles. The highest BCUT2D eigenvalue weighted by molar-refractivity contribution is 9.10. The maximum atomic E-state index is 13.4. The molecule has 3 aromatic carbocycles. The van der Waals surface area contributed by atoms with Crippen molar-refractivity contribution in [1.29, 1.82) is 0 Å². The fourth-order valence-electron chi connectivity index (χ4n) is 3.20. The lowest BCUT2D eigenvalue weighted by molar-refractivity contribution is -0.133. The molecule has 0 aliphatic heterocycles. The van der Waals surface area contributed by atoms with Crippen LogP contribution in [0, 0.1) is 5.82 Å².